The minimum Gasteiger partial charge on any atom is -0.397 e. The zero-order valence-corrected chi connectivity index (χ0v) is 9.81. The van der Waals surface area contributed by atoms with E-state index in [0.717, 1.165) is 18.8 Å². The molecule has 0 spiro atoms. The monoisotopic (exact) mass is 221 g/mol. The number of nitrogens with two attached hydrogens (primary N) is 2. The third-order valence-corrected chi connectivity index (χ3v) is 3.01. The quantitative estimate of drug-likeness (QED) is 0.705. The maximum Gasteiger partial charge on any atom is 0.0723 e. The number of morpholine rings is 1. The molecule has 1 fully saturated rings. The number of nitrogen functional groups attached to an aromatic ring is 2. The van der Waals surface area contributed by atoms with E-state index in [1.54, 1.807) is 0 Å². The Balaban J connectivity index is 2.24. The standard InChI is InChI=1S/C12H19N3O/c1-8-7-16-9(2)6-15(8)10-3-4-11(13)12(14)5-10/h3-5,8-9H,6-7,13-14H2,1-2H3. The third-order valence-electron chi connectivity index (χ3n) is 3.01. The highest BCUT2D eigenvalue weighted by atomic mass is 16.5. The topological polar surface area (TPSA) is 64.5 Å². The van der Waals surface area contributed by atoms with Crippen LogP contribution >= 0.6 is 0 Å². The van der Waals surface area contributed by atoms with Gasteiger partial charge in [-0.1, -0.05) is 0 Å². The summed E-state index contributed by atoms with van der Waals surface area (Å²) in [7, 11) is 0. The largest absolute Gasteiger partial charge is 0.397 e. The first kappa shape index (κ1) is 11.1. The molecule has 2 atom stereocenters. The number of nitrogens with zero attached hydrogens (tertiary/aromatic N) is 1. The van der Waals surface area contributed by atoms with E-state index in [2.05, 4.69) is 18.7 Å². The maximum atomic E-state index is 5.82. The molecule has 1 aromatic carbocycles. The Hall–Kier alpha value is -1.42. The normalized spacial score (nSPS) is 25.8. The van der Waals surface area contributed by atoms with E-state index >= 15 is 0 Å². The van der Waals surface area contributed by atoms with Crippen molar-refractivity contribution in [3.8, 4) is 0 Å². The molecule has 2 unspecified atom stereocenters. The molecular weight excluding hydrogens is 202 g/mol. The molecular formula is C12H19N3O. The molecule has 1 aliphatic heterocycles. The molecule has 0 bridgehead atoms. The van der Waals surface area contributed by atoms with Crippen molar-refractivity contribution in [3.63, 3.8) is 0 Å². The minimum atomic E-state index is 0.259. The molecule has 0 saturated carbocycles. The zero-order chi connectivity index (χ0) is 11.7. The van der Waals surface area contributed by atoms with E-state index in [1.807, 2.05) is 18.2 Å². The van der Waals surface area contributed by atoms with Crippen molar-refractivity contribution in [2.24, 2.45) is 0 Å². The van der Waals surface area contributed by atoms with Crippen molar-refractivity contribution < 1.29 is 4.74 Å². The van der Waals surface area contributed by atoms with Gasteiger partial charge in [0.25, 0.3) is 0 Å². The van der Waals surface area contributed by atoms with Crippen LogP contribution in [0.3, 0.4) is 0 Å². The minimum absolute atomic E-state index is 0.259. The van der Waals surface area contributed by atoms with Crippen LogP contribution in [-0.4, -0.2) is 25.3 Å². The van der Waals surface area contributed by atoms with Crippen molar-refractivity contribution in [2.45, 2.75) is 26.0 Å². The molecule has 0 aliphatic carbocycles. The summed E-state index contributed by atoms with van der Waals surface area (Å²) in [4.78, 5) is 2.31. The maximum absolute atomic E-state index is 5.82. The van der Waals surface area contributed by atoms with Crippen molar-refractivity contribution in [3.05, 3.63) is 18.2 Å². The van der Waals surface area contributed by atoms with Gasteiger partial charge in [0, 0.05) is 18.3 Å². The first-order valence-corrected chi connectivity index (χ1v) is 5.61. The Morgan fingerprint density at radius 1 is 1.25 bits per heavy atom. The van der Waals surface area contributed by atoms with Gasteiger partial charge in [0.15, 0.2) is 0 Å². The molecule has 4 N–H and O–H groups in total. The SMILES string of the molecule is CC1CN(c2ccc(N)c(N)c2)C(C)CO1. The Morgan fingerprint density at radius 3 is 2.69 bits per heavy atom. The van der Waals surface area contributed by atoms with Crippen molar-refractivity contribution in [2.75, 3.05) is 29.5 Å². The number of hydrogen-bond donors (Lipinski definition) is 2. The van der Waals surface area contributed by atoms with Gasteiger partial charge in [-0.05, 0) is 32.0 Å². The first-order chi connectivity index (χ1) is 7.58. The van der Waals surface area contributed by atoms with E-state index < -0.39 is 0 Å². The van der Waals surface area contributed by atoms with Gasteiger partial charge in [0.1, 0.15) is 0 Å². The third kappa shape index (κ3) is 2.07. The second kappa shape index (κ2) is 4.22. The van der Waals surface area contributed by atoms with E-state index in [0.29, 0.717) is 17.4 Å². The van der Waals surface area contributed by atoms with Crippen molar-refractivity contribution in [1.29, 1.82) is 0 Å². The predicted octanol–water partition coefficient (Wildman–Crippen LogP) is 1.46. The fourth-order valence-corrected chi connectivity index (χ4v) is 2.00. The summed E-state index contributed by atoms with van der Waals surface area (Å²) in [5, 5.41) is 0. The second-order valence-corrected chi connectivity index (χ2v) is 4.46. The smallest absolute Gasteiger partial charge is 0.0723 e. The van der Waals surface area contributed by atoms with E-state index in [-0.39, 0.29) is 6.10 Å². The average Bonchev–Trinajstić information content (AvgIpc) is 2.26. The van der Waals surface area contributed by atoms with Crippen LogP contribution in [0.2, 0.25) is 0 Å². The Morgan fingerprint density at radius 2 is 2.00 bits per heavy atom. The van der Waals surface area contributed by atoms with E-state index in [4.69, 9.17) is 16.2 Å². The predicted molar refractivity (Wildman–Crippen MR) is 67.5 cm³/mol. The van der Waals surface area contributed by atoms with Crippen molar-refractivity contribution in [1.82, 2.24) is 0 Å². The van der Waals surface area contributed by atoms with Gasteiger partial charge < -0.3 is 21.1 Å². The van der Waals surface area contributed by atoms with Gasteiger partial charge >= 0.3 is 0 Å². The Labute approximate surface area is 96.2 Å². The molecule has 0 amide bonds. The second-order valence-electron chi connectivity index (χ2n) is 4.46. The van der Waals surface area contributed by atoms with Crippen LogP contribution in [0.4, 0.5) is 17.1 Å². The summed E-state index contributed by atoms with van der Waals surface area (Å²) in [5.41, 5.74) is 13.9. The molecule has 2 rings (SSSR count). The fraction of sp³-hybridized carbons (Fsp3) is 0.500. The number of anilines is 3. The molecule has 4 nitrogen and oxygen atoms in total. The highest BCUT2D eigenvalue weighted by Gasteiger charge is 2.23. The van der Waals surface area contributed by atoms with Gasteiger partial charge in [-0.15, -0.1) is 0 Å². The van der Waals surface area contributed by atoms with Gasteiger partial charge in [-0.25, -0.2) is 0 Å². The summed E-state index contributed by atoms with van der Waals surface area (Å²) in [6, 6.07) is 6.18. The highest BCUT2D eigenvalue weighted by Crippen LogP contribution is 2.26. The van der Waals surface area contributed by atoms with Gasteiger partial charge in [-0.3, -0.25) is 0 Å². The molecule has 1 aliphatic rings. The number of ether oxygens (including phenoxy) is 1. The highest BCUT2D eigenvalue weighted by molar-refractivity contribution is 5.70. The summed E-state index contributed by atoms with van der Waals surface area (Å²) in [6.07, 6.45) is 0.259. The van der Waals surface area contributed by atoms with Crippen molar-refractivity contribution >= 4 is 17.1 Å². The van der Waals surface area contributed by atoms with E-state index in [9.17, 15) is 0 Å². The lowest BCUT2D eigenvalue weighted by Gasteiger charge is -2.38. The first-order valence-electron chi connectivity index (χ1n) is 5.61. The summed E-state index contributed by atoms with van der Waals surface area (Å²) in [6.45, 7) is 5.88. The van der Waals surface area contributed by atoms with Gasteiger partial charge in [0.05, 0.1) is 24.1 Å². The lowest BCUT2D eigenvalue weighted by Crippen LogP contribution is -2.47. The average molecular weight is 221 g/mol. The fourth-order valence-electron chi connectivity index (χ4n) is 2.00. The molecule has 88 valence electrons. The van der Waals surface area contributed by atoms with Crippen LogP contribution in [0.5, 0.6) is 0 Å². The molecule has 0 aromatic heterocycles. The lowest BCUT2D eigenvalue weighted by atomic mass is 10.1. The van der Waals surface area contributed by atoms with Crippen LogP contribution in [-0.2, 0) is 4.74 Å². The molecule has 0 radical (unpaired) electrons. The number of rotatable bonds is 1. The molecule has 4 heteroatoms. The summed E-state index contributed by atoms with van der Waals surface area (Å²) >= 11 is 0. The van der Waals surface area contributed by atoms with Gasteiger partial charge in [0.2, 0.25) is 0 Å². The van der Waals surface area contributed by atoms with Crippen LogP contribution in [0, 0.1) is 0 Å². The molecule has 1 aromatic rings. The Bertz CT molecular complexity index is 381. The summed E-state index contributed by atoms with van der Waals surface area (Å²) in [5.74, 6) is 0. The van der Waals surface area contributed by atoms with Crippen LogP contribution in [0.1, 0.15) is 13.8 Å². The number of benzene rings is 1. The lowest BCUT2D eigenvalue weighted by molar-refractivity contribution is 0.0344. The molecule has 16 heavy (non-hydrogen) atoms. The Kier molecular flexibility index (Phi) is 2.92. The zero-order valence-electron chi connectivity index (χ0n) is 9.81. The number of hydrogen-bond acceptors (Lipinski definition) is 4. The van der Waals surface area contributed by atoms with Crippen LogP contribution < -0.4 is 16.4 Å². The molecule has 1 saturated heterocycles. The van der Waals surface area contributed by atoms with Gasteiger partial charge in [-0.2, -0.15) is 0 Å². The molecule has 1 heterocycles. The summed E-state index contributed by atoms with van der Waals surface area (Å²) < 4.78 is 5.60. The van der Waals surface area contributed by atoms with Crippen LogP contribution in [0.15, 0.2) is 18.2 Å². The van der Waals surface area contributed by atoms with Crippen LogP contribution in [0.25, 0.3) is 0 Å². The van der Waals surface area contributed by atoms with E-state index in [1.165, 1.54) is 0 Å².